The van der Waals surface area contributed by atoms with Crippen LogP contribution in [0.2, 0.25) is 0 Å². The molecule has 1 aromatic rings. The third kappa shape index (κ3) is 4.49. The molecule has 1 fully saturated rings. The lowest BCUT2D eigenvalue weighted by atomic mass is 9.92. The fourth-order valence-corrected chi connectivity index (χ4v) is 2.68. The Morgan fingerprint density at radius 2 is 2.04 bits per heavy atom. The summed E-state index contributed by atoms with van der Waals surface area (Å²) in [5.41, 5.74) is -0.666. The van der Waals surface area contributed by atoms with Crippen LogP contribution >= 0.6 is 0 Å². The van der Waals surface area contributed by atoms with Gasteiger partial charge in [0.05, 0.1) is 26.2 Å². The molecule has 0 aromatic heterocycles. The predicted octanol–water partition coefficient (Wildman–Crippen LogP) is 0.823. The lowest BCUT2D eigenvalue weighted by molar-refractivity contribution is -0.159. The Balaban J connectivity index is 2.08. The number of carboxylic acid groups (broad SMARTS) is 1. The Hall–Kier alpha value is -1.99. The summed E-state index contributed by atoms with van der Waals surface area (Å²) in [5.74, 6) is -1.73. The van der Waals surface area contributed by atoms with Crippen molar-refractivity contribution in [3.8, 4) is 0 Å². The number of nitrogens with zero attached hydrogens (tertiary/aromatic N) is 1. The summed E-state index contributed by atoms with van der Waals surface area (Å²) in [6, 6.07) is 6.22. The number of aliphatic hydroxyl groups excluding tert-OH is 1. The third-order valence-corrected chi connectivity index (χ3v) is 3.91. The SMILES string of the molecule is O=C(O)CCC(=O)N1CCO[C@](CO)(Cc2ccccc2F)C1. The van der Waals surface area contributed by atoms with Crippen LogP contribution in [-0.4, -0.2) is 58.9 Å². The highest BCUT2D eigenvalue weighted by Gasteiger charge is 2.38. The van der Waals surface area contributed by atoms with E-state index in [1.165, 1.54) is 11.0 Å². The summed E-state index contributed by atoms with van der Waals surface area (Å²) in [5, 5.41) is 18.4. The van der Waals surface area contributed by atoms with E-state index in [0.29, 0.717) is 12.1 Å². The van der Waals surface area contributed by atoms with E-state index < -0.39 is 17.4 Å². The number of hydrogen-bond donors (Lipinski definition) is 2. The molecule has 0 bridgehead atoms. The molecule has 1 aliphatic rings. The molecule has 1 atom stereocenters. The minimum atomic E-state index is -1.07. The number of rotatable bonds is 6. The first-order valence-electron chi connectivity index (χ1n) is 7.43. The van der Waals surface area contributed by atoms with Crippen molar-refractivity contribution in [2.45, 2.75) is 24.9 Å². The molecule has 126 valence electrons. The van der Waals surface area contributed by atoms with E-state index in [2.05, 4.69) is 0 Å². The van der Waals surface area contributed by atoms with E-state index >= 15 is 0 Å². The van der Waals surface area contributed by atoms with Crippen LogP contribution in [0.4, 0.5) is 4.39 Å². The van der Waals surface area contributed by atoms with E-state index in [9.17, 15) is 19.1 Å². The lowest BCUT2D eigenvalue weighted by Gasteiger charge is -2.42. The van der Waals surface area contributed by atoms with Gasteiger partial charge in [-0.25, -0.2) is 4.39 Å². The number of carboxylic acids is 1. The summed E-state index contributed by atoms with van der Waals surface area (Å²) >= 11 is 0. The number of morpholine rings is 1. The predicted molar refractivity (Wildman–Crippen MR) is 79.3 cm³/mol. The summed E-state index contributed by atoms with van der Waals surface area (Å²) in [7, 11) is 0. The topological polar surface area (TPSA) is 87.1 Å². The Kier molecular flexibility index (Phi) is 5.68. The molecule has 23 heavy (non-hydrogen) atoms. The maximum absolute atomic E-state index is 13.8. The van der Waals surface area contributed by atoms with E-state index in [0.717, 1.165) is 0 Å². The normalized spacial score (nSPS) is 21.2. The van der Waals surface area contributed by atoms with Crippen molar-refractivity contribution >= 4 is 11.9 Å². The fraction of sp³-hybridized carbons (Fsp3) is 0.500. The lowest BCUT2D eigenvalue weighted by Crippen LogP contribution is -2.57. The van der Waals surface area contributed by atoms with Gasteiger partial charge in [-0.05, 0) is 11.6 Å². The molecule has 2 rings (SSSR count). The van der Waals surface area contributed by atoms with Gasteiger partial charge in [-0.2, -0.15) is 0 Å². The molecule has 6 nitrogen and oxygen atoms in total. The Morgan fingerprint density at radius 3 is 2.70 bits per heavy atom. The van der Waals surface area contributed by atoms with Crippen molar-refractivity contribution < 1.29 is 28.9 Å². The first-order chi connectivity index (χ1) is 11.0. The highest BCUT2D eigenvalue weighted by molar-refractivity contribution is 5.80. The molecule has 0 aliphatic carbocycles. The van der Waals surface area contributed by atoms with Crippen LogP contribution in [0.15, 0.2) is 24.3 Å². The molecule has 0 spiro atoms. The molecule has 1 heterocycles. The second kappa shape index (κ2) is 7.52. The Morgan fingerprint density at radius 1 is 1.30 bits per heavy atom. The molecule has 7 heteroatoms. The molecule has 0 saturated carbocycles. The van der Waals surface area contributed by atoms with Gasteiger partial charge >= 0.3 is 5.97 Å². The number of carbonyl (C=O) groups is 2. The molecule has 1 saturated heterocycles. The van der Waals surface area contributed by atoms with Gasteiger partial charge in [-0.3, -0.25) is 9.59 Å². The van der Waals surface area contributed by atoms with Crippen LogP contribution in [0.1, 0.15) is 18.4 Å². The molecular formula is C16H20FNO5. The van der Waals surface area contributed by atoms with Gasteiger partial charge in [0.1, 0.15) is 11.4 Å². The van der Waals surface area contributed by atoms with Crippen LogP contribution < -0.4 is 0 Å². The summed E-state index contributed by atoms with van der Waals surface area (Å²) in [6.07, 6.45) is -0.203. The van der Waals surface area contributed by atoms with Gasteiger partial charge in [0.15, 0.2) is 0 Å². The highest BCUT2D eigenvalue weighted by Crippen LogP contribution is 2.25. The maximum atomic E-state index is 13.8. The average molecular weight is 325 g/mol. The van der Waals surface area contributed by atoms with E-state index in [1.54, 1.807) is 18.2 Å². The quantitative estimate of drug-likeness (QED) is 0.809. The first kappa shape index (κ1) is 17.4. The number of ether oxygens (including phenoxy) is 1. The number of benzene rings is 1. The third-order valence-electron chi connectivity index (χ3n) is 3.91. The first-order valence-corrected chi connectivity index (χ1v) is 7.43. The zero-order valence-corrected chi connectivity index (χ0v) is 12.7. The van der Waals surface area contributed by atoms with Crippen molar-refractivity contribution in [1.29, 1.82) is 0 Å². The van der Waals surface area contributed by atoms with E-state index in [4.69, 9.17) is 9.84 Å². The van der Waals surface area contributed by atoms with Gasteiger partial charge in [-0.15, -0.1) is 0 Å². The number of carbonyl (C=O) groups excluding carboxylic acids is 1. The number of amides is 1. The van der Waals surface area contributed by atoms with Crippen molar-refractivity contribution in [3.63, 3.8) is 0 Å². The van der Waals surface area contributed by atoms with Gasteiger partial charge in [0.2, 0.25) is 5.91 Å². The van der Waals surface area contributed by atoms with Gasteiger partial charge in [-0.1, -0.05) is 18.2 Å². The summed E-state index contributed by atoms with van der Waals surface area (Å²) in [4.78, 5) is 24.1. The molecule has 1 aromatic carbocycles. The number of halogens is 1. The van der Waals surface area contributed by atoms with Crippen molar-refractivity contribution in [3.05, 3.63) is 35.6 Å². The van der Waals surface area contributed by atoms with E-state index in [1.807, 2.05) is 0 Å². The zero-order chi connectivity index (χ0) is 16.9. The Labute approximate surface area is 133 Å². The molecule has 0 unspecified atom stereocenters. The van der Waals surface area contributed by atoms with Crippen LogP contribution in [0.25, 0.3) is 0 Å². The maximum Gasteiger partial charge on any atom is 0.303 e. The molecule has 1 aliphatic heterocycles. The molecule has 1 amide bonds. The summed E-state index contributed by atoms with van der Waals surface area (Å²) in [6.45, 7) is 0.297. The number of aliphatic carboxylic acids is 1. The molecule has 0 radical (unpaired) electrons. The second-order valence-electron chi connectivity index (χ2n) is 5.67. The smallest absolute Gasteiger partial charge is 0.303 e. The van der Waals surface area contributed by atoms with Crippen molar-refractivity contribution in [2.75, 3.05) is 26.3 Å². The highest BCUT2D eigenvalue weighted by atomic mass is 19.1. The minimum absolute atomic E-state index is 0.101. The molecule has 2 N–H and O–H groups in total. The number of hydrogen-bond acceptors (Lipinski definition) is 4. The zero-order valence-electron chi connectivity index (χ0n) is 12.7. The van der Waals surface area contributed by atoms with Crippen LogP contribution in [0, 0.1) is 5.82 Å². The van der Waals surface area contributed by atoms with Crippen molar-refractivity contribution in [2.24, 2.45) is 0 Å². The van der Waals surface area contributed by atoms with Crippen LogP contribution in [-0.2, 0) is 20.7 Å². The van der Waals surface area contributed by atoms with Crippen LogP contribution in [0.3, 0.4) is 0 Å². The largest absolute Gasteiger partial charge is 0.481 e. The summed E-state index contributed by atoms with van der Waals surface area (Å²) < 4.78 is 19.5. The Bertz CT molecular complexity index is 579. The average Bonchev–Trinajstić information content (AvgIpc) is 2.55. The minimum Gasteiger partial charge on any atom is -0.481 e. The second-order valence-corrected chi connectivity index (χ2v) is 5.67. The monoisotopic (exact) mass is 325 g/mol. The van der Waals surface area contributed by atoms with Gasteiger partial charge in [0, 0.05) is 19.4 Å². The molecular weight excluding hydrogens is 305 g/mol. The van der Waals surface area contributed by atoms with Gasteiger partial charge in [0.25, 0.3) is 0 Å². The van der Waals surface area contributed by atoms with E-state index in [-0.39, 0.29) is 44.9 Å². The van der Waals surface area contributed by atoms with Gasteiger partial charge < -0.3 is 19.8 Å². The van der Waals surface area contributed by atoms with Crippen LogP contribution in [0.5, 0.6) is 0 Å². The number of aliphatic hydroxyl groups is 1. The standard InChI is InChI=1S/C16H20FNO5/c17-13-4-2-1-3-12(13)9-16(11-19)10-18(7-8-23-16)14(20)5-6-15(21)22/h1-4,19H,5-11H2,(H,21,22)/t16-/m1/s1. The van der Waals surface area contributed by atoms with Crippen molar-refractivity contribution in [1.82, 2.24) is 4.90 Å². The fourth-order valence-electron chi connectivity index (χ4n) is 2.68.